The van der Waals surface area contributed by atoms with Gasteiger partial charge < -0.3 is 10.2 Å². The number of para-hydroxylation sites is 2. The fraction of sp³-hybridized carbons (Fsp3) is 0.100. The maximum absolute atomic E-state index is 13.2. The van der Waals surface area contributed by atoms with E-state index in [9.17, 15) is 19.3 Å². The highest BCUT2D eigenvalue weighted by Gasteiger charge is 2.38. The highest BCUT2D eigenvalue weighted by atomic mass is 19.1. The van der Waals surface area contributed by atoms with Gasteiger partial charge in [0.25, 0.3) is 11.6 Å². The van der Waals surface area contributed by atoms with E-state index in [0.717, 1.165) is 5.56 Å². The molecule has 1 aliphatic heterocycles. The number of aromatic nitrogens is 1. The SMILES string of the molecule is O=C1c2cccnc2C(Nc2ccccc2[N+](=O)[O-])N1Cc1ccc(F)cc1. The fourth-order valence-electron chi connectivity index (χ4n) is 3.23. The molecule has 4 rings (SSSR count). The van der Waals surface area contributed by atoms with E-state index in [1.165, 1.54) is 23.1 Å². The van der Waals surface area contributed by atoms with Crippen LogP contribution in [0.4, 0.5) is 15.8 Å². The Balaban J connectivity index is 1.72. The number of rotatable bonds is 5. The molecule has 2 heterocycles. The third-order valence-corrected chi connectivity index (χ3v) is 4.56. The van der Waals surface area contributed by atoms with Crippen LogP contribution in [0.2, 0.25) is 0 Å². The van der Waals surface area contributed by atoms with Gasteiger partial charge in [0.1, 0.15) is 17.7 Å². The number of halogens is 1. The molecule has 1 unspecified atom stereocenters. The van der Waals surface area contributed by atoms with Crippen LogP contribution in [0.1, 0.15) is 27.8 Å². The second-order valence-corrected chi connectivity index (χ2v) is 6.32. The molecule has 7 nitrogen and oxygen atoms in total. The second kappa shape index (κ2) is 7.07. The predicted octanol–water partition coefficient (Wildman–Crippen LogP) is 3.90. The van der Waals surface area contributed by atoms with E-state index in [1.807, 2.05) is 0 Å². The Bertz CT molecular complexity index is 1060. The van der Waals surface area contributed by atoms with Gasteiger partial charge >= 0.3 is 0 Å². The smallest absolute Gasteiger partial charge is 0.292 e. The molecule has 0 bridgehead atoms. The van der Waals surface area contributed by atoms with Gasteiger partial charge in [-0.25, -0.2) is 4.39 Å². The summed E-state index contributed by atoms with van der Waals surface area (Å²) in [4.78, 5) is 29.6. The number of hydrogen-bond donors (Lipinski definition) is 1. The van der Waals surface area contributed by atoms with Crippen LogP contribution in [0, 0.1) is 15.9 Å². The normalized spacial score (nSPS) is 15.4. The minimum absolute atomic E-state index is 0.0962. The molecule has 0 fully saturated rings. The first-order valence-corrected chi connectivity index (χ1v) is 8.55. The lowest BCUT2D eigenvalue weighted by atomic mass is 10.2. The van der Waals surface area contributed by atoms with Gasteiger partial charge in [-0.2, -0.15) is 0 Å². The summed E-state index contributed by atoms with van der Waals surface area (Å²) in [5, 5.41) is 14.4. The van der Waals surface area contributed by atoms with Crippen molar-refractivity contribution in [2.45, 2.75) is 12.7 Å². The van der Waals surface area contributed by atoms with Gasteiger partial charge in [-0.1, -0.05) is 24.3 Å². The Kier molecular flexibility index (Phi) is 4.44. The van der Waals surface area contributed by atoms with Crippen molar-refractivity contribution in [1.82, 2.24) is 9.88 Å². The van der Waals surface area contributed by atoms with Gasteiger partial charge in [0.2, 0.25) is 0 Å². The van der Waals surface area contributed by atoms with Crippen LogP contribution in [-0.4, -0.2) is 20.7 Å². The van der Waals surface area contributed by atoms with Crippen molar-refractivity contribution in [3.8, 4) is 0 Å². The second-order valence-electron chi connectivity index (χ2n) is 6.32. The summed E-state index contributed by atoms with van der Waals surface area (Å²) in [6.07, 6.45) is 0.886. The van der Waals surface area contributed by atoms with Gasteiger partial charge in [-0.15, -0.1) is 0 Å². The first-order valence-electron chi connectivity index (χ1n) is 8.55. The topological polar surface area (TPSA) is 88.4 Å². The van der Waals surface area contributed by atoms with Crippen molar-refractivity contribution in [1.29, 1.82) is 0 Å². The van der Waals surface area contributed by atoms with E-state index in [2.05, 4.69) is 10.3 Å². The summed E-state index contributed by atoms with van der Waals surface area (Å²) in [6.45, 7) is 0.202. The Morgan fingerprint density at radius 3 is 2.61 bits per heavy atom. The zero-order valence-electron chi connectivity index (χ0n) is 14.6. The van der Waals surface area contributed by atoms with Crippen LogP contribution in [0.5, 0.6) is 0 Å². The maximum Gasteiger partial charge on any atom is 0.292 e. The molecule has 0 radical (unpaired) electrons. The van der Waals surface area contributed by atoms with Crippen molar-refractivity contribution in [2.24, 2.45) is 0 Å². The number of benzene rings is 2. The molecule has 140 valence electrons. The lowest BCUT2D eigenvalue weighted by Crippen LogP contribution is -2.32. The number of hydrogen-bond acceptors (Lipinski definition) is 5. The summed E-state index contributed by atoms with van der Waals surface area (Å²) in [5.41, 5.74) is 1.85. The van der Waals surface area contributed by atoms with Crippen LogP contribution in [0.3, 0.4) is 0 Å². The number of nitrogens with zero attached hydrogens (tertiary/aromatic N) is 3. The Hall–Kier alpha value is -3.81. The first kappa shape index (κ1) is 17.6. The monoisotopic (exact) mass is 378 g/mol. The molecule has 8 heteroatoms. The molecule has 2 aromatic carbocycles. The molecule has 0 spiro atoms. The highest BCUT2D eigenvalue weighted by molar-refractivity contribution is 5.99. The lowest BCUT2D eigenvalue weighted by Gasteiger charge is -2.26. The molecular formula is C20H15FN4O3. The number of carbonyl (C=O) groups is 1. The molecular weight excluding hydrogens is 363 g/mol. The number of fused-ring (bicyclic) bond motifs is 1. The highest BCUT2D eigenvalue weighted by Crippen LogP contribution is 2.36. The molecule has 1 N–H and O–H groups in total. The number of anilines is 1. The standard InChI is InChI=1S/C20H15FN4O3/c21-14-9-7-13(8-10-14)12-24-19(18-15(20(24)26)4-3-11-22-18)23-16-5-1-2-6-17(16)25(27)28/h1-11,19,23H,12H2. The number of nitro groups is 1. The third kappa shape index (κ3) is 3.16. The van der Waals surface area contributed by atoms with Gasteiger partial charge in [0, 0.05) is 18.8 Å². The summed E-state index contributed by atoms with van der Waals surface area (Å²) in [5.74, 6) is -0.612. The van der Waals surface area contributed by atoms with E-state index in [0.29, 0.717) is 11.3 Å². The molecule has 1 amide bonds. The lowest BCUT2D eigenvalue weighted by molar-refractivity contribution is -0.384. The molecule has 1 atom stereocenters. The molecule has 28 heavy (non-hydrogen) atoms. The van der Waals surface area contributed by atoms with E-state index < -0.39 is 11.1 Å². The quantitative estimate of drug-likeness (QED) is 0.537. The molecule has 1 aliphatic rings. The molecule has 0 aliphatic carbocycles. The predicted molar refractivity (Wildman–Crippen MR) is 100.0 cm³/mol. The third-order valence-electron chi connectivity index (χ3n) is 4.56. The summed E-state index contributed by atoms with van der Waals surface area (Å²) < 4.78 is 13.2. The average Bonchev–Trinajstić information content (AvgIpc) is 2.96. The van der Waals surface area contributed by atoms with Crippen LogP contribution < -0.4 is 5.32 Å². The fourth-order valence-corrected chi connectivity index (χ4v) is 3.23. The number of nitro benzene ring substituents is 1. The van der Waals surface area contributed by atoms with Gasteiger partial charge in [0.15, 0.2) is 0 Å². The molecule has 0 saturated carbocycles. The van der Waals surface area contributed by atoms with Crippen molar-refractivity contribution < 1.29 is 14.1 Å². The van der Waals surface area contributed by atoms with E-state index in [4.69, 9.17) is 0 Å². The van der Waals surface area contributed by atoms with Crippen molar-refractivity contribution in [3.05, 3.63) is 99.6 Å². The largest absolute Gasteiger partial charge is 0.354 e. The Labute approximate surface area is 159 Å². The van der Waals surface area contributed by atoms with Gasteiger partial charge in [-0.3, -0.25) is 19.9 Å². The van der Waals surface area contributed by atoms with Crippen LogP contribution in [-0.2, 0) is 6.54 Å². The van der Waals surface area contributed by atoms with Crippen LogP contribution in [0.25, 0.3) is 0 Å². The van der Waals surface area contributed by atoms with Crippen molar-refractivity contribution >= 4 is 17.3 Å². The van der Waals surface area contributed by atoms with Crippen LogP contribution >= 0.6 is 0 Å². The number of amides is 1. The van der Waals surface area contributed by atoms with E-state index in [-0.39, 0.29) is 29.6 Å². The number of pyridine rings is 1. The molecule has 0 saturated heterocycles. The molecule has 1 aromatic heterocycles. The summed E-state index contributed by atoms with van der Waals surface area (Å²) in [6, 6.07) is 15.4. The van der Waals surface area contributed by atoms with E-state index >= 15 is 0 Å². The first-order chi connectivity index (χ1) is 13.5. The zero-order chi connectivity index (χ0) is 19.7. The minimum Gasteiger partial charge on any atom is -0.354 e. The average molecular weight is 378 g/mol. The molecule has 3 aromatic rings. The summed E-state index contributed by atoms with van der Waals surface area (Å²) in [7, 11) is 0. The zero-order valence-corrected chi connectivity index (χ0v) is 14.6. The Morgan fingerprint density at radius 1 is 1.11 bits per heavy atom. The van der Waals surface area contributed by atoms with Gasteiger partial charge in [-0.05, 0) is 35.9 Å². The minimum atomic E-state index is -0.685. The van der Waals surface area contributed by atoms with Crippen molar-refractivity contribution in [3.63, 3.8) is 0 Å². The summed E-state index contributed by atoms with van der Waals surface area (Å²) >= 11 is 0. The van der Waals surface area contributed by atoms with Gasteiger partial charge in [0.05, 0.1) is 16.2 Å². The van der Waals surface area contributed by atoms with E-state index in [1.54, 1.807) is 48.7 Å². The Morgan fingerprint density at radius 2 is 1.86 bits per heavy atom. The van der Waals surface area contributed by atoms with Crippen molar-refractivity contribution in [2.75, 3.05) is 5.32 Å². The maximum atomic E-state index is 13.2. The van der Waals surface area contributed by atoms with Crippen LogP contribution in [0.15, 0.2) is 66.9 Å². The number of carbonyl (C=O) groups excluding carboxylic acids is 1. The number of nitrogens with one attached hydrogen (secondary N) is 1.